The molecule has 188 valence electrons. The van der Waals surface area contributed by atoms with Crippen LogP contribution in [0.2, 0.25) is 5.02 Å². The van der Waals surface area contributed by atoms with Crippen LogP contribution in [0, 0.1) is 5.92 Å². The van der Waals surface area contributed by atoms with E-state index in [0.29, 0.717) is 68.3 Å². The number of likely N-dealkylation sites (tertiary alicyclic amines) is 1. The van der Waals surface area contributed by atoms with E-state index >= 15 is 0 Å². The summed E-state index contributed by atoms with van der Waals surface area (Å²) in [6.07, 6.45) is 1.57. The van der Waals surface area contributed by atoms with Crippen molar-refractivity contribution in [2.45, 2.75) is 19.8 Å². The van der Waals surface area contributed by atoms with Crippen molar-refractivity contribution >= 4 is 51.5 Å². The van der Waals surface area contributed by atoms with Crippen molar-refractivity contribution in [3.05, 3.63) is 40.4 Å². The molecule has 4 rings (SSSR count). The lowest BCUT2D eigenvalue weighted by atomic mass is 9.98. The molecule has 1 atom stereocenters. The van der Waals surface area contributed by atoms with Gasteiger partial charge in [-0.3, -0.25) is 19.3 Å². The molecule has 1 aromatic heterocycles. The first kappa shape index (κ1) is 25.4. The number of hydrogen-bond donors (Lipinski definition) is 1. The summed E-state index contributed by atoms with van der Waals surface area (Å²) >= 11 is 7.29. The Hall–Kier alpha value is -2.69. The highest BCUT2D eigenvalue weighted by atomic mass is 35.5. The molecular weight excluding hydrogens is 490 g/mol. The minimum Gasteiger partial charge on any atom is -0.466 e. The van der Waals surface area contributed by atoms with Gasteiger partial charge in [-0.25, -0.2) is 4.98 Å². The van der Waals surface area contributed by atoms with Gasteiger partial charge in [-0.1, -0.05) is 11.6 Å². The van der Waals surface area contributed by atoms with Crippen molar-refractivity contribution in [1.29, 1.82) is 0 Å². The first-order valence-corrected chi connectivity index (χ1v) is 13.1. The van der Waals surface area contributed by atoms with Crippen LogP contribution < -0.4 is 5.32 Å². The standard InChI is InChI=1S/C24H30ClN5O4S/c1-2-34-23(33)17-4-3-9-30(14-17)21(31)15-28-10-12-29(13-11-28)22(32)20-16-35-24(27-20)26-19-7-5-18(25)6-8-19/h5-8,16-17H,2-4,9-15H2,1H3,(H,26,27). The number of benzene rings is 1. The van der Waals surface area contributed by atoms with E-state index in [9.17, 15) is 14.4 Å². The topological polar surface area (TPSA) is 95.1 Å². The van der Waals surface area contributed by atoms with Gasteiger partial charge in [0.15, 0.2) is 5.13 Å². The zero-order valence-electron chi connectivity index (χ0n) is 19.7. The lowest BCUT2D eigenvalue weighted by Gasteiger charge is -2.36. The third-order valence-electron chi connectivity index (χ3n) is 6.23. The fourth-order valence-corrected chi connectivity index (χ4v) is 5.14. The van der Waals surface area contributed by atoms with E-state index in [1.165, 1.54) is 11.3 Å². The number of anilines is 2. The number of piperazine rings is 1. The van der Waals surface area contributed by atoms with E-state index in [1.54, 1.807) is 34.2 Å². The molecule has 2 aliphatic rings. The number of amides is 2. The number of rotatable bonds is 7. The van der Waals surface area contributed by atoms with Gasteiger partial charge in [0.2, 0.25) is 5.91 Å². The quantitative estimate of drug-likeness (QED) is 0.561. The van der Waals surface area contributed by atoms with E-state index in [-0.39, 0.29) is 23.7 Å². The fourth-order valence-electron chi connectivity index (χ4n) is 4.30. The van der Waals surface area contributed by atoms with Crippen molar-refractivity contribution < 1.29 is 19.1 Å². The zero-order valence-corrected chi connectivity index (χ0v) is 21.3. The lowest BCUT2D eigenvalue weighted by molar-refractivity contribution is -0.151. The van der Waals surface area contributed by atoms with Gasteiger partial charge in [0.25, 0.3) is 5.91 Å². The molecule has 0 spiro atoms. The first-order chi connectivity index (χ1) is 16.9. The Balaban J connectivity index is 1.24. The Kier molecular flexibility index (Phi) is 8.59. The summed E-state index contributed by atoms with van der Waals surface area (Å²) in [6.45, 7) is 5.84. The molecule has 35 heavy (non-hydrogen) atoms. The number of halogens is 1. The molecule has 1 aromatic carbocycles. The second-order valence-corrected chi connectivity index (χ2v) is 9.96. The molecule has 2 saturated heterocycles. The van der Waals surface area contributed by atoms with Gasteiger partial charge in [-0.2, -0.15) is 0 Å². The highest BCUT2D eigenvalue weighted by molar-refractivity contribution is 7.14. The molecule has 0 aliphatic carbocycles. The minimum absolute atomic E-state index is 0.0243. The average Bonchev–Trinajstić information content (AvgIpc) is 3.34. The summed E-state index contributed by atoms with van der Waals surface area (Å²) in [4.78, 5) is 47.9. The molecule has 9 nitrogen and oxygen atoms in total. The largest absolute Gasteiger partial charge is 0.466 e. The summed E-state index contributed by atoms with van der Waals surface area (Å²) < 4.78 is 5.13. The van der Waals surface area contributed by atoms with Crippen LogP contribution in [0.15, 0.2) is 29.6 Å². The Labute approximate surface area is 214 Å². The number of nitrogens with one attached hydrogen (secondary N) is 1. The van der Waals surface area contributed by atoms with E-state index in [0.717, 1.165) is 18.5 Å². The van der Waals surface area contributed by atoms with Crippen LogP contribution >= 0.6 is 22.9 Å². The van der Waals surface area contributed by atoms with Crippen molar-refractivity contribution in [3.8, 4) is 0 Å². The zero-order chi connectivity index (χ0) is 24.8. The SMILES string of the molecule is CCOC(=O)C1CCCN(C(=O)CN2CCN(C(=O)c3csc(Nc4ccc(Cl)cc4)n3)CC2)C1. The number of carbonyl (C=O) groups excluding carboxylic acids is 3. The van der Waals surface area contributed by atoms with Gasteiger partial charge in [0, 0.05) is 55.4 Å². The Morgan fingerprint density at radius 2 is 1.86 bits per heavy atom. The number of piperidine rings is 1. The molecule has 0 saturated carbocycles. The van der Waals surface area contributed by atoms with Crippen LogP contribution in [0.5, 0.6) is 0 Å². The molecule has 2 aromatic rings. The Morgan fingerprint density at radius 3 is 2.57 bits per heavy atom. The Morgan fingerprint density at radius 1 is 1.11 bits per heavy atom. The number of aromatic nitrogens is 1. The van der Waals surface area contributed by atoms with E-state index in [1.807, 2.05) is 12.1 Å². The van der Waals surface area contributed by atoms with Crippen LogP contribution in [0.25, 0.3) is 0 Å². The molecule has 2 amide bonds. The van der Waals surface area contributed by atoms with Gasteiger partial charge >= 0.3 is 5.97 Å². The van der Waals surface area contributed by atoms with Crippen LogP contribution in [-0.4, -0.2) is 89.9 Å². The first-order valence-electron chi connectivity index (χ1n) is 11.9. The molecular formula is C24H30ClN5O4S. The van der Waals surface area contributed by atoms with Gasteiger partial charge in [-0.15, -0.1) is 11.3 Å². The molecule has 1 unspecified atom stereocenters. The molecule has 1 N–H and O–H groups in total. The summed E-state index contributed by atoms with van der Waals surface area (Å²) in [5, 5.41) is 6.24. The van der Waals surface area contributed by atoms with E-state index < -0.39 is 0 Å². The maximum Gasteiger partial charge on any atom is 0.310 e. The van der Waals surface area contributed by atoms with Crippen LogP contribution in [0.4, 0.5) is 10.8 Å². The smallest absolute Gasteiger partial charge is 0.310 e. The third-order valence-corrected chi connectivity index (χ3v) is 7.24. The molecule has 2 fully saturated rings. The minimum atomic E-state index is -0.237. The van der Waals surface area contributed by atoms with Gasteiger partial charge < -0.3 is 19.9 Å². The van der Waals surface area contributed by atoms with Crippen molar-refractivity contribution in [2.24, 2.45) is 5.92 Å². The summed E-state index contributed by atoms with van der Waals surface area (Å²) in [7, 11) is 0. The predicted molar refractivity (Wildman–Crippen MR) is 135 cm³/mol. The average molecular weight is 520 g/mol. The van der Waals surface area contributed by atoms with Crippen molar-refractivity contribution in [2.75, 3.05) is 57.7 Å². The second kappa shape index (κ2) is 11.8. The third kappa shape index (κ3) is 6.71. The van der Waals surface area contributed by atoms with Gasteiger partial charge in [-0.05, 0) is 44.0 Å². The van der Waals surface area contributed by atoms with Crippen LogP contribution in [0.3, 0.4) is 0 Å². The number of nitrogens with zero attached hydrogens (tertiary/aromatic N) is 4. The highest BCUT2D eigenvalue weighted by Gasteiger charge is 2.31. The number of thiazole rings is 1. The number of hydrogen-bond acceptors (Lipinski definition) is 8. The van der Waals surface area contributed by atoms with E-state index in [2.05, 4.69) is 15.2 Å². The second-order valence-electron chi connectivity index (χ2n) is 8.67. The summed E-state index contributed by atoms with van der Waals surface area (Å²) in [5.41, 5.74) is 1.26. The Bertz CT molecular complexity index is 1040. The number of esters is 1. The molecule has 0 bridgehead atoms. The summed E-state index contributed by atoms with van der Waals surface area (Å²) in [5.74, 6) is -0.536. The fraction of sp³-hybridized carbons (Fsp3) is 0.500. The predicted octanol–water partition coefficient (Wildman–Crippen LogP) is 3.10. The molecule has 3 heterocycles. The maximum absolute atomic E-state index is 12.9. The summed E-state index contributed by atoms with van der Waals surface area (Å²) in [6, 6.07) is 7.29. The monoisotopic (exact) mass is 519 g/mol. The number of ether oxygens (including phenoxy) is 1. The normalized spacial score (nSPS) is 18.9. The highest BCUT2D eigenvalue weighted by Crippen LogP contribution is 2.23. The molecule has 0 radical (unpaired) electrons. The van der Waals surface area contributed by atoms with Crippen molar-refractivity contribution in [3.63, 3.8) is 0 Å². The maximum atomic E-state index is 12.9. The van der Waals surface area contributed by atoms with Crippen LogP contribution in [-0.2, 0) is 14.3 Å². The molecule has 2 aliphatic heterocycles. The van der Waals surface area contributed by atoms with Gasteiger partial charge in [0.05, 0.1) is 19.1 Å². The van der Waals surface area contributed by atoms with Crippen molar-refractivity contribution in [1.82, 2.24) is 19.7 Å². The van der Waals surface area contributed by atoms with E-state index in [4.69, 9.17) is 16.3 Å². The molecule has 11 heteroatoms. The van der Waals surface area contributed by atoms with Gasteiger partial charge in [0.1, 0.15) is 5.69 Å². The lowest BCUT2D eigenvalue weighted by Crippen LogP contribution is -2.52. The van der Waals surface area contributed by atoms with Crippen LogP contribution in [0.1, 0.15) is 30.3 Å². The number of carbonyl (C=O) groups is 3.